The van der Waals surface area contributed by atoms with Gasteiger partial charge in [-0.25, -0.2) is 9.86 Å². The van der Waals surface area contributed by atoms with Crippen LogP contribution in [0.1, 0.15) is 31.4 Å². The number of nitrogens with two attached hydrogens (primary N) is 1. The molecule has 7 heteroatoms. The smallest absolute Gasteiger partial charge is 0.274 e. The van der Waals surface area contributed by atoms with E-state index in [9.17, 15) is 8.42 Å². The van der Waals surface area contributed by atoms with Crippen molar-refractivity contribution in [2.24, 2.45) is 11.1 Å². The maximum atomic E-state index is 11.0. The second kappa shape index (κ2) is 7.07. The summed E-state index contributed by atoms with van der Waals surface area (Å²) in [5.74, 6) is 0.280. The van der Waals surface area contributed by atoms with Crippen molar-refractivity contribution < 1.29 is 8.42 Å². The molecular weight excluding hydrogens is 310 g/mol. The normalized spacial score (nSPS) is 22.1. The van der Waals surface area contributed by atoms with Gasteiger partial charge in [0.15, 0.2) is 0 Å². The first-order valence-corrected chi connectivity index (χ1v) is 9.05. The van der Waals surface area contributed by atoms with Crippen LogP contribution in [0.2, 0.25) is 5.02 Å². The van der Waals surface area contributed by atoms with Gasteiger partial charge in [0.25, 0.3) is 10.2 Å². The third kappa shape index (κ3) is 4.93. The number of piperidine rings is 1. The van der Waals surface area contributed by atoms with Crippen molar-refractivity contribution in [3.8, 4) is 0 Å². The first-order valence-electron chi connectivity index (χ1n) is 7.12. The van der Waals surface area contributed by atoms with Crippen LogP contribution in [0.5, 0.6) is 0 Å². The Morgan fingerprint density at radius 3 is 2.86 bits per heavy atom. The summed E-state index contributed by atoms with van der Waals surface area (Å²) in [6.45, 7) is 4.37. The Morgan fingerprint density at radius 2 is 2.19 bits per heavy atom. The van der Waals surface area contributed by atoms with Crippen molar-refractivity contribution in [2.75, 3.05) is 19.6 Å². The minimum absolute atomic E-state index is 0.219. The molecule has 1 aliphatic rings. The van der Waals surface area contributed by atoms with E-state index in [1.165, 1.54) is 0 Å². The maximum Gasteiger partial charge on any atom is 0.274 e. The van der Waals surface area contributed by atoms with Gasteiger partial charge in [0.05, 0.1) is 0 Å². The fraction of sp³-hybridized carbons (Fsp3) is 0.571. The Hall–Kier alpha value is -0.660. The average molecular weight is 332 g/mol. The third-order valence-electron chi connectivity index (χ3n) is 4.03. The lowest BCUT2D eigenvalue weighted by molar-refractivity contribution is 0.133. The summed E-state index contributed by atoms with van der Waals surface area (Å²) in [5, 5.41) is 5.76. The highest BCUT2D eigenvalue weighted by molar-refractivity contribution is 7.87. The number of halogens is 1. The van der Waals surface area contributed by atoms with Crippen molar-refractivity contribution in [1.82, 2.24) is 9.62 Å². The number of rotatable bonds is 5. The van der Waals surface area contributed by atoms with E-state index in [4.69, 9.17) is 16.7 Å². The molecule has 1 aliphatic heterocycles. The van der Waals surface area contributed by atoms with Gasteiger partial charge in [-0.15, -0.1) is 0 Å². The van der Waals surface area contributed by atoms with E-state index < -0.39 is 10.2 Å². The summed E-state index contributed by atoms with van der Waals surface area (Å²) >= 11 is 6.26. The van der Waals surface area contributed by atoms with Gasteiger partial charge in [-0.2, -0.15) is 8.42 Å². The van der Waals surface area contributed by atoms with Gasteiger partial charge in [-0.05, 0) is 43.9 Å². The van der Waals surface area contributed by atoms with E-state index in [-0.39, 0.29) is 12.0 Å². The molecule has 0 aliphatic carbocycles. The summed E-state index contributed by atoms with van der Waals surface area (Å²) in [7, 11) is -3.61. The first kappa shape index (κ1) is 16.7. The highest BCUT2D eigenvalue weighted by Crippen LogP contribution is 2.30. The Morgan fingerprint density at radius 1 is 1.48 bits per heavy atom. The lowest BCUT2D eigenvalue weighted by atomic mass is 9.95. The molecule has 1 fully saturated rings. The van der Waals surface area contributed by atoms with Crippen LogP contribution in [-0.2, 0) is 10.2 Å². The topological polar surface area (TPSA) is 75.4 Å². The number of hydrogen-bond acceptors (Lipinski definition) is 3. The summed E-state index contributed by atoms with van der Waals surface area (Å²) in [4.78, 5) is 2.35. The van der Waals surface area contributed by atoms with Crippen LogP contribution < -0.4 is 9.86 Å². The lowest BCUT2D eigenvalue weighted by Gasteiger charge is -2.37. The van der Waals surface area contributed by atoms with Crippen LogP contribution in [-0.4, -0.2) is 33.0 Å². The fourth-order valence-corrected chi connectivity index (χ4v) is 3.62. The number of nitrogens with one attached hydrogen (secondary N) is 1. The molecule has 0 unspecified atom stereocenters. The molecule has 1 heterocycles. The quantitative estimate of drug-likeness (QED) is 0.865. The van der Waals surface area contributed by atoms with E-state index in [0.717, 1.165) is 36.5 Å². The first-order chi connectivity index (χ1) is 9.87. The summed E-state index contributed by atoms with van der Waals surface area (Å²) < 4.78 is 24.4. The number of nitrogens with zero attached hydrogens (tertiary/aromatic N) is 1. The third-order valence-corrected chi connectivity index (χ3v) is 4.94. The lowest BCUT2D eigenvalue weighted by Crippen LogP contribution is -2.43. The molecule has 118 valence electrons. The van der Waals surface area contributed by atoms with Gasteiger partial charge in [0, 0.05) is 24.2 Å². The zero-order valence-corrected chi connectivity index (χ0v) is 13.7. The predicted octanol–water partition coefficient (Wildman–Crippen LogP) is 1.91. The molecule has 1 aromatic rings. The highest BCUT2D eigenvalue weighted by Gasteiger charge is 2.25. The second-order valence-corrected chi connectivity index (χ2v) is 7.38. The van der Waals surface area contributed by atoms with E-state index in [1.54, 1.807) is 0 Å². The minimum atomic E-state index is -3.61. The van der Waals surface area contributed by atoms with Crippen LogP contribution >= 0.6 is 11.6 Å². The van der Waals surface area contributed by atoms with Gasteiger partial charge in [0.1, 0.15) is 0 Å². The van der Waals surface area contributed by atoms with Crippen LogP contribution in [0.25, 0.3) is 0 Å². The molecule has 3 N–H and O–H groups in total. The SMILES string of the molecule is C[C@@H](c1ccccc1Cl)N1CCC[C@H](CNS(N)(=O)=O)C1. The highest BCUT2D eigenvalue weighted by atomic mass is 35.5. The molecule has 0 saturated carbocycles. The molecule has 0 radical (unpaired) electrons. The molecule has 0 amide bonds. The molecule has 0 aromatic heterocycles. The van der Waals surface area contributed by atoms with Gasteiger partial charge < -0.3 is 0 Å². The van der Waals surface area contributed by atoms with Crippen molar-refractivity contribution in [3.05, 3.63) is 34.9 Å². The van der Waals surface area contributed by atoms with Crippen molar-refractivity contribution in [2.45, 2.75) is 25.8 Å². The molecule has 1 aromatic carbocycles. The Labute approximate surface area is 131 Å². The van der Waals surface area contributed by atoms with Crippen molar-refractivity contribution in [3.63, 3.8) is 0 Å². The molecular formula is C14H22ClN3O2S. The average Bonchev–Trinajstić information content (AvgIpc) is 2.44. The van der Waals surface area contributed by atoms with Crippen molar-refractivity contribution in [1.29, 1.82) is 0 Å². The molecule has 0 bridgehead atoms. The summed E-state index contributed by atoms with van der Waals surface area (Å²) in [6, 6.07) is 8.07. The maximum absolute atomic E-state index is 11.0. The standard InChI is InChI=1S/C14H22ClN3O2S/c1-11(13-6-2-3-7-14(13)15)18-8-4-5-12(10-18)9-17-21(16,19)20/h2-3,6-7,11-12,17H,4-5,8-10H2,1H3,(H2,16,19,20)/t11-,12+/m0/s1. The van der Waals surface area contributed by atoms with E-state index in [2.05, 4.69) is 16.5 Å². The van der Waals surface area contributed by atoms with Crippen LogP contribution in [0.15, 0.2) is 24.3 Å². The fourth-order valence-electron chi connectivity index (χ4n) is 2.86. The minimum Gasteiger partial charge on any atom is -0.296 e. The van der Waals surface area contributed by atoms with E-state index in [0.29, 0.717) is 6.54 Å². The zero-order valence-electron chi connectivity index (χ0n) is 12.1. The van der Waals surface area contributed by atoms with E-state index in [1.807, 2.05) is 24.3 Å². The zero-order chi connectivity index (χ0) is 15.5. The van der Waals surface area contributed by atoms with Crippen molar-refractivity contribution >= 4 is 21.8 Å². The van der Waals surface area contributed by atoms with Gasteiger partial charge in [-0.1, -0.05) is 29.8 Å². The molecule has 5 nitrogen and oxygen atoms in total. The van der Waals surface area contributed by atoms with Crippen LogP contribution in [0.3, 0.4) is 0 Å². The van der Waals surface area contributed by atoms with E-state index >= 15 is 0 Å². The number of hydrogen-bond donors (Lipinski definition) is 2. The summed E-state index contributed by atoms with van der Waals surface area (Å²) in [5.41, 5.74) is 1.11. The molecule has 21 heavy (non-hydrogen) atoms. The molecule has 2 rings (SSSR count). The van der Waals surface area contributed by atoms with Crippen LogP contribution in [0.4, 0.5) is 0 Å². The number of likely N-dealkylation sites (tertiary alicyclic amines) is 1. The summed E-state index contributed by atoms with van der Waals surface area (Å²) in [6.07, 6.45) is 2.06. The van der Waals surface area contributed by atoms with Gasteiger partial charge >= 0.3 is 0 Å². The molecule has 2 atom stereocenters. The second-order valence-electron chi connectivity index (χ2n) is 5.59. The van der Waals surface area contributed by atoms with Gasteiger partial charge in [0.2, 0.25) is 0 Å². The predicted molar refractivity (Wildman–Crippen MR) is 85.3 cm³/mol. The Balaban J connectivity index is 1.99. The Kier molecular flexibility index (Phi) is 5.62. The molecule has 0 spiro atoms. The monoisotopic (exact) mass is 331 g/mol. The van der Waals surface area contributed by atoms with Gasteiger partial charge in [-0.3, -0.25) is 4.90 Å². The molecule has 1 saturated heterocycles. The number of benzene rings is 1. The van der Waals surface area contributed by atoms with Crippen LogP contribution in [0, 0.1) is 5.92 Å². The Bertz CT molecular complexity index is 579. The largest absolute Gasteiger partial charge is 0.296 e.